The van der Waals surface area contributed by atoms with Crippen LogP contribution in [0.2, 0.25) is 0 Å². The molecule has 1 unspecified atom stereocenters. The van der Waals surface area contributed by atoms with Crippen LogP contribution in [-0.4, -0.2) is 9.97 Å². The zero-order valence-corrected chi connectivity index (χ0v) is 11.6. The first-order valence-corrected chi connectivity index (χ1v) is 7.22. The largest absolute Gasteiger partial charge is 0.322 e. The minimum atomic E-state index is 0.0255. The highest BCUT2D eigenvalue weighted by Crippen LogP contribution is 2.16. The smallest absolute Gasteiger partial charge is 0.109 e. The minimum absolute atomic E-state index is 0.0255. The van der Waals surface area contributed by atoms with Crippen molar-refractivity contribution < 1.29 is 0 Å². The van der Waals surface area contributed by atoms with Crippen LogP contribution in [-0.2, 0) is 13.1 Å². The van der Waals surface area contributed by atoms with E-state index in [9.17, 15) is 0 Å². The van der Waals surface area contributed by atoms with Crippen LogP contribution < -0.4 is 11.1 Å². The molecule has 0 aliphatic carbocycles. The van der Waals surface area contributed by atoms with Gasteiger partial charge in [0.25, 0.3) is 0 Å². The molecule has 0 amide bonds. The van der Waals surface area contributed by atoms with Crippen LogP contribution in [0.25, 0.3) is 0 Å². The Hall–Kier alpha value is -0.820. The molecule has 4 nitrogen and oxygen atoms in total. The number of nitrogens with zero attached hydrogens (tertiary/aromatic N) is 2. The van der Waals surface area contributed by atoms with E-state index in [4.69, 9.17) is 5.73 Å². The van der Waals surface area contributed by atoms with Gasteiger partial charge in [-0.25, -0.2) is 9.97 Å². The maximum atomic E-state index is 5.77. The van der Waals surface area contributed by atoms with Gasteiger partial charge >= 0.3 is 0 Å². The molecule has 92 valence electrons. The second-order valence-corrected chi connectivity index (χ2v) is 5.76. The zero-order valence-electron chi connectivity index (χ0n) is 9.93. The molecule has 0 saturated heterocycles. The lowest BCUT2D eigenvalue weighted by atomic mass is 10.3. The third kappa shape index (κ3) is 3.32. The normalized spacial score (nSPS) is 12.9. The zero-order chi connectivity index (χ0) is 12.3. The number of hydrogen-bond acceptors (Lipinski definition) is 6. The first-order chi connectivity index (χ1) is 8.16. The first-order valence-electron chi connectivity index (χ1n) is 5.46. The Balaban J connectivity index is 1.84. The van der Waals surface area contributed by atoms with Gasteiger partial charge in [-0.15, -0.1) is 22.7 Å². The van der Waals surface area contributed by atoms with Crippen molar-refractivity contribution in [3.8, 4) is 0 Å². The van der Waals surface area contributed by atoms with Crippen molar-refractivity contribution in [3.05, 3.63) is 32.2 Å². The summed E-state index contributed by atoms with van der Waals surface area (Å²) in [5.74, 6) is 0. The number of hydrogen-bond donors (Lipinski definition) is 2. The Morgan fingerprint density at radius 2 is 2.24 bits per heavy atom. The van der Waals surface area contributed by atoms with Crippen molar-refractivity contribution in [2.75, 3.05) is 0 Å². The van der Waals surface area contributed by atoms with Crippen molar-refractivity contribution in [1.82, 2.24) is 15.3 Å². The molecule has 6 heteroatoms. The third-order valence-corrected chi connectivity index (χ3v) is 4.43. The molecule has 17 heavy (non-hydrogen) atoms. The topological polar surface area (TPSA) is 63.8 Å². The van der Waals surface area contributed by atoms with Crippen LogP contribution in [0, 0.1) is 6.92 Å². The predicted molar refractivity (Wildman–Crippen MR) is 72.1 cm³/mol. The van der Waals surface area contributed by atoms with Crippen molar-refractivity contribution in [1.29, 1.82) is 0 Å². The lowest BCUT2D eigenvalue weighted by Gasteiger charge is -2.01. The maximum Gasteiger partial charge on any atom is 0.109 e. The first kappa shape index (κ1) is 12.6. The molecule has 0 saturated carbocycles. The van der Waals surface area contributed by atoms with Crippen molar-refractivity contribution in [3.63, 3.8) is 0 Å². The molecule has 2 heterocycles. The Kier molecular flexibility index (Phi) is 4.22. The summed E-state index contributed by atoms with van der Waals surface area (Å²) >= 11 is 3.31. The highest BCUT2D eigenvalue weighted by molar-refractivity contribution is 7.10. The van der Waals surface area contributed by atoms with E-state index in [1.165, 1.54) is 4.88 Å². The molecule has 0 aliphatic rings. The average molecular weight is 268 g/mol. The van der Waals surface area contributed by atoms with Gasteiger partial charge in [0.15, 0.2) is 0 Å². The molecular formula is C11H16N4S2. The number of aryl methyl sites for hydroxylation is 1. The second kappa shape index (κ2) is 5.68. The lowest BCUT2D eigenvalue weighted by molar-refractivity contribution is 0.680. The Morgan fingerprint density at radius 1 is 1.41 bits per heavy atom. The molecule has 0 radical (unpaired) electrons. The van der Waals surface area contributed by atoms with E-state index in [0.717, 1.165) is 29.5 Å². The molecule has 0 bridgehead atoms. The molecule has 0 aromatic carbocycles. The van der Waals surface area contributed by atoms with E-state index >= 15 is 0 Å². The van der Waals surface area contributed by atoms with Gasteiger partial charge in [-0.3, -0.25) is 0 Å². The second-order valence-electron chi connectivity index (χ2n) is 3.93. The van der Waals surface area contributed by atoms with Gasteiger partial charge in [-0.05, 0) is 13.8 Å². The van der Waals surface area contributed by atoms with Crippen LogP contribution in [0.1, 0.15) is 34.2 Å². The van der Waals surface area contributed by atoms with Crippen molar-refractivity contribution in [2.24, 2.45) is 5.73 Å². The SMILES string of the molecule is Cc1ncsc1CNCc1csc(C(C)N)n1. The number of aromatic nitrogens is 2. The van der Waals surface area contributed by atoms with Crippen LogP contribution in [0.15, 0.2) is 10.9 Å². The Bertz CT molecular complexity index is 475. The van der Waals surface area contributed by atoms with Crippen molar-refractivity contribution in [2.45, 2.75) is 33.0 Å². The molecule has 2 aromatic heterocycles. The fourth-order valence-electron chi connectivity index (χ4n) is 1.41. The summed E-state index contributed by atoms with van der Waals surface area (Å²) in [4.78, 5) is 9.97. The van der Waals surface area contributed by atoms with Crippen LogP contribution in [0.3, 0.4) is 0 Å². The quantitative estimate of drug-likeness (QED) is 0.872. The van der Waals surface area contributed by atoms with Crippen LogP contribution in [0.4, 0.5) is 0 Å². The summed E-state index contributed by atoms with van der Waals surface area (Å²) in [6.07, 6.45) is 0. The van der Waals surface area contributed by atoms with Crippen molar-refractivity contribution >= 4 is 22.7 Å². The Labute approximate surface area is 109 Å². The van der Waals surface area contributed by atoms with Gasteiger partial charge in [-0.1, -0.05) is 0 Å². The number of rotatable bonds is 5. The van der Waals surface area contributed by atoms with Crippen LogP contribution in [0.5, 0.6) is 0 Å². The van der Waals surface area contributed by atoms with E-state index in [1.54, 1.807) is 22.7 Å². The number of thiazole rings is 2. The monoisotopic (exact) mass is 268 g/mol. The Morgan fingerprint density at radius 3 is 2.82 bits per heavy atom. The minimum Gasteiger partial charge on any atom is -0.322 e. The standard InChI is InChI=1S/C11H16N4S2/c1-7(12)11-15-9(5-16-11)3-13-4-10-8(2)14-6-17-10/h5-7,13H,3-4,12H2,1-2H3. The fourth-order valence-corrected chi connectivity index (χ4v) is 2.94. The van der Waals surface area contributed by atoms with Gasteiger partial charge in [0.2, 0.25) is 0 Å². The van der Waals surface area contributed by atoms with E-state index in [0.29, 0.717) is 0 Å². The molecule has 0 spiro atoms. The molecular weight excluding hydrogens is 252 g/mol. The summed E-state index contributed by atoms with van der Waals surface area (Å²) in [5.41, 5.74) is 9.82. The lowest BCUT2D eigenvalue weighted by Crippen LogP contribution is -2.13. The average Bonchev–Trinajstić information content (AvgIpc) is 2.89. The van der Waals surface area contributed by atoms with E-state index in [1.807, 2.05) is 19.4 Å². The third-order valence-electron chi connectivity index (χ3n) is 2.40. The van der Waals surface area contributed by atoms with E-state index in [-0.39, 0.29) is 6.04 Å². The van der Waals surface area contributed by atoms with Gasteiger partial charge in [0.05, 0.1) is 22.9 Å². The highest BCUT2D eigenvalue weighted by atomic mass is 32.1. The van der Waals surface area contributed by atoms with E-state index in [2.05, 4.69) is 20.7 Å². The molecule has 2 rings (SSSR count). The fraction of sp³-hybridized carbons (Fsp3) is 0.455. The summed E-state index contributed by atoms with van der Waals surface area (Å²) in [6, 6.07) is 0.0255. The molecule has 0 aliphatic heterocycles. The predicted octanol–water partition coefficient (Wildman–Crippen LogP) is 2.22. The number of nitrogens with one attached hydrogen (secondary N) is 1. The summed E-state index contributed by atoms with van der Waals surface area (Å²) in [6.45, 7) is 5.61. The molecule has 3 N–H and O–H groups in total. The molecule has 1 atom stereocenters. The van der Waals surface area contributed by atoms with Crippen LogP contribution >= 0.6 is 22.7 Å². The summed E-state index contributed by atoms with van der Waals surface area (Å²) in [5, 5.41) is 6.43. The summed E-state index contributed by atoms with van der Waals surface area (Å²) < 4.78 is 0. The van der Waals surface area contributed by atoms with E-state index < -0.39 is 0 Å². The van der Waals surface area contributed by atoms with Gasteiger partial charge in [-0.2, -0.15) is 0 Å². The molecule has 0 fully saturated rings. The number of nitrogens with two attached hydrogens (primary N) is 1. The van der Waals surface area contributed by atoms with Gasteiger partial charge in [0, 0.05) is 23.3 Å². The molecule has 2 aromatic rings. The summed E-state index contributed by atoms with van der Waals surface area (Å²) in [7, 11) is 0. The van der Waals surface area contributed by atoms with Gasteiger partial charge < -0.3 is 11.1 Å². The van der Waals surface area contributed by atoms with Gasteiger partial charge in [0.1, 0.15) is 5.01 Å². The highest BCUT2D eigenvalue weighted by Gasteiger charge is 2.06. The maximum absolute atomic E-state index is 5.77.